The third kappa shape index (κ3) is 6.18. The van der Waals surface area contributed by atoms with Crippen molar-refractivity contribution in [3.8, 4) is 0 Å². The lowest BCUT2D eigenvalue weighted by atomic mass is 9.95. The summed E-state index contributed by atoms with van der Waals surface area (Å²) in [7, 11) is -2.51. The number of anilines is 1. The van der Waals surface area contributed by atoms with Gasteiger partial charge in [-0.2, -0.15) is 9.40 Å². The molecule has 2 saturated heterocycles. The van der Waals surface area contributed by atoms with E-state index in [1.807, 2.05) is 0 Å². The van der Waals surface area contributed by atoms with Crippen molar-refractivity contribution < 1.29 is 22.7 Å². The Morgan fingerprint density at radius 1 is 1.14 bits per heavy atom. The van der Waals surface area contributed by atoms with E-state index in [-0.39, 0.29) is 29.5 Å². The smallest absolute Gasteiger partial charge is 0.330 e. The normalized spacial score (nSPS) is 19.5. The molecule has 1 unspecified atom stereocenters. The molecule has 1 atom stereocenters. The summed E-state index contributed by atoms with van der Waals surface area (Å²) in [6, 6.07) is 6.63. The highest BCUT2D eigenvalue weighted by molar-refractivity contribution is 7.89. The Hall–Kier alpha value is -3.42. The summed E-state index contributed by atoms with van der Waals surface area (Å²) in [5, 5.41) is 5.48. The Bertz CT molecular complexity index is 1670. The maximum Gasteiger partial charge on any atom is 0.330 e. The van der Waals surface area contributed by atoms with Crippen LogP contribution in [0.15, 0.2) is 46.2 Å². The lowest BCUT2D eigenvalue weighted by Gasteiger charge is -2.42. The lowest BCUT2D eigenvalue weighted by molar-refractivity contribution is -0.168. The van der Waals surface area contributed by atoms with E-state index < -0.39 is 33.5 Å². The van der Waals surface area contributed by atoms with E-state index in [1.54, 1.807) is 46.1 Å². The van der Waals surface area contributed by atoms with Crippen LogP contribution in [0, 0.1) is 5.92 Å². The maximum atomic E-state index is 13.7. The number of hydrogen-bond acceptors (Lipinski definition) is 8. The van der Waals surface area contributed by atoms with Crippen LogP contribution in [-0.2, 0) is 31.4 Å². The molecule has 226 valence electrons. The summed E-state index contributed by atoms with van der Waals surface area (Å²) in [5.74, 6) is -0.302. The highest BCUT2D eigenvalue weighted by Crippen LogP contribution is 2.30. The summed E-state index contributed by atoms with van der Waals surface area (Å²) in [5.41, 5.74) is -0.455. The van der Waals surface area contributed by atoms with E-state index >= 15 is 0 Å². The molecule has 2 aliphatic heterocycles. The zero-order valence-electron chi connectivity index (χ0n) is 24.0. The molecule has 0 saturated carbocycles. The van der Waals surface area contributed by atoms with E-state index in [0.29, 0.717) is 41.4 Å². The van der Waals surface area contributed by atoms with Gasteiger partial charge in [0, 0.05) is 56.4 Å². The van der Waals surface area contributed by atoms with Gasteiger partial charge >= 0.3 is 5.97 Å². The molecular formula is C28H35ClN6O6S. The topological polar surface area (TPSA) is 138 Å². The quantitative estimate of drug-likeness (QED) is 0.416. The number of nitrogens with one attached hydrogen (secondary N) is 1. The zero-order chi connectivity index (χ0) is 30.4. The molecule has 2 fully saturated rings. The monoisotopic (exact) mass is 618 g/mol. The van der Waals surface area contributed by atoms with Crippen LogP contribution in [0.5, 0.6) is 0 Å². The molecular weight excluding hydrogens is 584 g/mol. The second kappa shape index (κ2) is 11.3. The van der Waals surface area contributed by atoms with Crippen molar-refractivity contribution >= 4 is 50.2 Å². The molecule has 2 aliphatic rings. The van der Waals surface area contributed by atoms with E-state index in [4.69, 9.17) is 16.3 Å². The molecule has 0 radical (unpaired) electrons. The van der Waals surface area contributed by atoms with Crippen molar-refractivity contribution in [2.75, 3.05) is 37.6 Å². The van der Waals surface area contributed by atoms with Crippen LogP contribution < -0.4 is 10.5 Å². The summed E-state index contributed by atoms with van der Waals surface area (Å²) in [6.45, 7) is 6.23. The van der Waals surface area contributed by atoms with Crippen molar-refractivity contribution in [2.45, 2.75) is 50.2 Å². The van der Waals surface area contributed by atoms with Crippen molar-refractivity contribution in [3.05, 3.63) is 51.9 Å². The number of esters is 1. The van der Waals surface area contributed by atoms with E-state index in [9.17, 15) is 22.8 Å². The van der Waals surface area contributed by atoms with Gasteiger partial charge < -0.3 is 19.5 Å². The maximum absolute atomic E-state index is 13.7. The second-order valence-electron chi connectivity index (χ2n) is 11.8. The van der Waals surface area contributed by atoms with Gasteiger partial charge in [-0.15, -0.1) is 0 Å². The summed E-state index contributed by atoms with van der Waals surface area (Å²) >= 11 is 6.15. The van der Waals surface area contributed by atoms with Gasteiger partial charge in [0.15, 0.2) is 0 Å². The highest BCUT2D eigenvalue weighted by Gasteiger charge is 2.44. The van der Waals surface area contributed by atoms with Gasteiger partial charge in [-0.05, 0) is 63.8 Å². The molecule has 0 aliphatic carbocycles. The molecule has 1 N–H and O–H groups in total. The molecule has 14 heteroatoms. The molecule has 1 amide bonds. The molecule has 0 bridgehead atoms. The lowest BCUT2D eigenvalue weighted by Crippen LogP contribution is -2.62. The largest absolute Gasteiger partial charge is 0.458 e. The van der Waals surface area contributed by atoms with Gasteiger partial charge in [0.25, 0.3) is 5.56 Å². The number of benzene rings is 1. The number of aromatic amines is 1. The number of hydrogen-bond donors (Lipinski definition) is 1. The number of amides is 1. The number of aryl methyl sites for hydroxylation is 1. The van der Waals surface area contributed by atoms with Crippen molar-refractivity contribution in [2.24, 2.45) is 13.0 Å². The third-order valence-electron chi connectivity index (χ3n) is 7.64. The van der Waals surface area contributed by atoms with Gasteiger partial charge in [-0.25, -0.2) is 17.9 Å². The first kappa shape index (κ1) is 30.1. The fourth-order valence-corrected chi connectivity index (χ4v) is 7.06. The fraction of sp³-hybridized carbons (Fsp3) is 0.500. The highest BCUT2D eigenvalue weighted by atomic mass is 35.5. The Morgan fingerprint density at radius 2 is 1.86 bits per heavy atom. The predicted octanol–water partition coefficient (Wildman–Crippen LogP) is 2.37. The zero-order valence-corrected chi connectivity index (χ0v) is 25.6. The minimum absolute atomic E-state index is 0.00269. The molecule has 12 nitrogen and oxygen atoms in total. The number of aromatic nitrogens is 3. The first-order valence-electron chi connectivity index (χ1n) is 13.8. The number of H-pyrrole nitrogens is 1. The minimum Gasteiger partial charge on any atom is -0.458 e. The number of carbonyl (C=O) groups excluding carboxylic acids is 2. The molecule has 1 aromatic carbocycles. The predicted molar refractivity (Wildman–Crippen MR) is 158 cm³/mol. The average Bonchev–Trinajstić information content (AvgIpc) is 3.30. The molecule has 2 aromatic heterocycles. The number of sulfonamides is 1. The van der Waals surface area contributed by atoms with Gasteiger partial charge in [0.05, 0.1) is 16.5 Å². The van der Waals surface area contributed by atoms with Crippen LogP contribution in [0.2, 0.25) is 5.02 Å². The Labute approximate surface area is 249 Å². The third-order valence-corrected chi connectivity index (χ3v) is 9.76. The van der Waals surface area contributed by atoms with Crippen LogP contribution in [0.4, 0.5) is 5.82 Å². The number of piperidine rings is 1. The summed E-state index contributed by atoms with van der Waals surface area (Å²) < 4.78 is 35.3. The molecule has 3 aromatic rings. The Kier molecular flexibility index (Phi) is 8.12. The molecule has 0 spiro atoms. The Balaban J connectivity index is 1.34. The molecule has 5 rings (SSSR count). The van der Waals surface area contributed by atoms with E-state index in [1.165, 1.54) is 27.8 Å². The van der Waals surface area contributed by atoms with Gasteiger partial charge in [0.2, 0.25) is 15.9 Å². The number of piperazine rings is 1. The first-order valence-corrected chi connectivity index (χ1v) is 15.6. The van der Waals surface area contributed by atoms with Gasteiger partial charge in [-0.1, -0.05) is 11.6 Å². The van der Waals surface area contributed by atoms with Crippen LogP contribution in [-0.4, -0.2) is 88.6 Å². The van der Waals surface area contributed by atoms with E-state index in [0.717, 1.165) is 17.1 Å². The van der Waals surface area contributed by atoms with Crippen LogP contribution in [0.3, 0.4) is 0 Å². The fourth-order valence-electron chi connectivity index (χ4n) is 5.42. The molecule has 42 heavy (non-hydrogen) atoms. The summed E-state index contributed by atoms with van der Waals surface area (Å²) in [6.07, 6.45) is 3.04. The number of ether oxygens (including phenoxy) is 1. The minimum atomic E-state index is -4.11. The number of fused-ring (bicyclic) bond motifs is 1. The second-order valence-corrected chi connectivity index (χ2v) is 14.2. The van der Waals surface area contributed by atoms with Crippen LogP contribution >= 0.6 is 11.6 Å². The number of rotatable bonds is 6. The van der Waals surface area contributed by atoms with E-state index in [2.05, 4.69) is 15.0 Å². The van der Waals surface area contributed by atoms with Crippen molar-refractivity contribution in [3.63, 3.8) is 0 Å². The first-order chi connectivity index (χ1) is 19.7. The molecule has 4 heterocycles. The van der Waals surface area contributed by atoms with Crippen molar-refractivity contribution in [1.82, 2.24) is 24.0 Å². The SMILES string of the molecule is Cn1nc(N2CCC(CN3C(=O)CN(S(=O)(=O)c4ccc5c(Cl)c[nH]c5c4)CC3C(=O)OC(C)(C)C)CC2)ccc1=O. The van der Waals surface area contributed by atoms with Crippen LogP contribution in [0.1, 0.15) is 33.6 Å². The van der Waals surface area contributed by atoms with Gasteiger partial charge in [-0.3, -0.25) is 9.59 Å². The standard InChI is InChI=1S/C28H35ClN6O6S/c1-28(2,3)41-27(38)23-16-34(42(39,40)19-5-6-20-21(29)14-30-22(20)13-19)17-26(37)35(23)15-18-9-11-33(12-10-18)24-7-8-25(36)32(4)31-24/h5-8,13-14,18,23,30H,9-12,15-17H2,1-4H3. The Morgan fingerprint density at radius 3 is 2.52 bits per heavy atom. The van der Waals surface area contributed by atoms with Crippen molar-refractivity contribution in [1.29, 1.82) is 0 Å². The number of halogens is 1. The number of carbonyl (C=O) groups is 2. The van der Waals surface area contributed by atoms with Crippen LogP contribution in [0.25, 0.3) is 10.9 Å². The summed E-state index contributed by atoms with van der Waals surface area (Å²) in [4.78, 5) is 45.2. The van der Waals surface area contributed by atoms with Gasteiger partial charge in [0.1, 0.15) is 17.5 Å². The number of nitrogens with zero attached hydrogens (tertiary/aromatic N) is 5. The average molecular weight is 619 g/mol.